The third-order valence-corrected chi connectivity index (χ3v) is 2.04. The van der Waals surface area contributed by atoms with Gasteiger partial charge in [0.25, 0.3) is 5.91 Å². The lowest BCUT2D eigenvalue weighted by molar-refractivity contribution is 0.101. The molecule has 2 aromatic rings. The Hall–Kier alpha value is -2.17. The first kappa shape index (κ1) is 9.39. The molecule has 76 valence electrons. The highest BCUT2D eigenvalue weighted by Crippen LogP contribution is 2.06. The summed E-state index contributed by atoms with van der Waals surface area (Å²) in [7, 11) is 0. The van der Waals surface area contributed by atoms with E-state index < -0.39 is 0 Å². The number of hydrogen-bond acceptors (Lipinski definition) is 3. The standard InChI is InChI=1S/C10H10N4O/c1-8-4-2-3-5-9(8)10(15)13-14-6-11-12-7-14/h2-7H,1H3,(H,13,15). The molecule has 0 fully saturated rings. The van der Waals surface area contributed by atoms with Gasteiger partial charge >= 0.3 is 0 Å². The summed E-state index contributed by atoms with van der Waals surface area (Å²) in [6.07, 6.45) is 2.85. The number of nitrogens with zero attached hydrogens (tertiary/aromatic N) is 3. The molecule has 0 aliphatic rings. The molecule has 5 heteroatoms. The van der Waals surface area contributed by atoms with Crippen LogP contribution in [0.4, 0.5) is 0 Å². The topological polar surface area (TPSA) is 59.8 Å². The molecule has 1 heterocycles. The number of aryl methyl sites for hydroxylation is 1. The minimum Gasteiger partial charge on any atom is -0.267 e. The Bertz CT molecular complexity index is 464. The monoisotopic (exact) mass is 202 g/mol. The van der Waals surface area contributed by atoms with Crippen molar-refractivity contribution in [1.29, 1.82) is 0 Å². The maximum absolute atomic E-state index is 11.7. The van der Waals surface area contributed by atoms with Gasteiger partial charge in [0.2, 0.25) is 0 Å². The van der Waals surface area contributed by atoms with Gasteiger partial charge in [0.1, 0.15) is 12.7 Å². The molecule has 2 rings (SSSR count). The van der Waals surface area contributed by atoms with Crippen LogP contribution in [0.5, 0.6) is 0 Å². The lowest BCUT2D eigenvalue weighted by Gasteiger charge is -2.06. The zero-order valence-corrected chi connectivity index (χ0v) is 8.21. The molecule has 0 radical (unpaired) electrons. The van der Waals surface area contributed by atoms with Gasteiger partial charge in [-0.25, -0.2) is 4.68 Å². The summed E-state index contributed by atoms with van der Waals surface area (Å²) in [6, 6.07) is 7.38. The van der Waals surface area contributed by atoms with Crippen molar-refractivity contribution in [3.63, 3.8) is 0 Å². The molecule has 0 atom stereocenters. The van der Waals surface area contributed by atoms with Gasteiger partial charge in [0.05, 0.1) is 0 Å². The van der Waals surface area contributed by atoms with Crippen molar-refractivity contribution in [2.24, 2.45) is 0 Å². The van der Waals surface area contributed by atoms with Crippen molar-refractivity contribution < 1.29 is 4.79 Å². The average Bonchev–Trinajstić information content (AvgIpc) is 2.71. The fourth-order valence-electron chi connectivity index (χ4n) is 1.26. The highest BCUT2D eigenvalue weighted by Gasteiger charge is 2.07. The van der Waals surface area contributed by atoms with E-state index in [4.69, 9.17) is 0 Å². The van der Waals surface area contributed by atoms with Gasteiger partial charge in [-0.3, -0.25) is 10.2 Å². The molecule has 1 N–H and O–H groups in total. The number of hydrogen-bond donors (Lipinski definition) is 1. The third-order valence-electron chi connectivity index (χ3n) is 2.04. The van der Waals surface area contributed by atoms with E-state index >= 15 is 0 Å². The van der Waals surface area contributed by atoms with E-state index in [2.05, 4.69) is 15.6 Å². The molecule has 0 aliphatic carbocycles. The van der Waals surface area contributed by atoms with Gasteiger partial charge in [-0.1, -0.05) is 18.2 Å². The van der Waals surface area contributed by atoms with E-state index in [1.807, 2.05) is 25.1 Å². The van der Waals surface area contributed by atoms with Crippen molar-refractivity contribution >= 4 is 5.91 Å². The van der Waals surface area contributed by atoms with Crippen molar-refractivity contribution in [3.8, 4) is 0 Å². The zero-order chi connectivity index (χ0) is 10.7. The Morgan fingerprint density at radius 1 is 1.27 bits per heavy atom. The SMILES string of the molecule is Cc1ccccc1C(=O)Nn1cnnc1. The summed E-state index contributed by atoms with van der Waals surface area (Å²) in [4.78, 5) is 11.7. The lowest BCUT2D eigenvalue weighted by Crippen LogP contribution is -2.22. The number of amides is 1. The molecular weight excluding hydrogens is 192 g/mol. The first-order valence-corrected chi connectivity index (χ1v) is 4.49. The molecule has 5 nitrogen and oxygen atoms in total. The van der Waals surface area contributed by atoms with Crippen LogP contribution in [0.1, 0.15) is 15.9 Å². The number of aromatic nitrogens is 3. The second-order valence-corrected chi connectivity index (χ2v) is 3.12. The molecule has 0 unspecified atom stereocenters. The molecule has 0 saturated heterocycles. The predicted octanol–water partition coefficient (Wildman–Crippen LogP) is 0.970. The summed E-state index contributed by atoms with van der Waals surface area (Å²) in [6.45, 7) is 1.89. The minimum atomic E-state index is -0.173. The van der Waals surface area contributed by atoms with Crippen LogP contribution >= 0.6 is 0 Å². The van der Waals surface area contributed by atoms with Gasteiger partial charge in [0, 0.05) is 5.56 Å². The van der Waals surface area contributed by atoms with E-state index in [9.17, 15) is 4.79 Å². The molecule has 0 bridgehead atoms. The summed E-state index contributed by atoms with van der Waals surface area (Å²) in [5.74, 6) is -0.173. The number of benzene rings is 1. The Morgan fingerprint density at radius 2 is 1.93 bits per heavy atom. The highest BCUT2D eigenvalue weighted by molar-refractivity contribution is 6.01. The quantitative estimate of drug-likeness (QED) is 0.789. The number of carbonyl (C=O) groups is 1. The Morgan fingerprint density at radius 3 is 2.60 bits per heavy atom. The van der Waals surface area contributed by atoms with Crippen molar-refractivity contribution in [3.05, 3.63) is 48.0 Å². The molecule has 0 spiro atoms. The minimum absolute atomic E-state index is 0.173. The Labute approximate surface area is 86.7 Å². The van der Waals surface area contributed by atoms with Crippen molar-refractivity contribution in [2.75, 3.05) is 5.43 Å². The summed E-state index contributed by atoms with van der Waals surface area (Å²) in [5, 5.41) is 7.18. The number of nitrogens with one attached hydrogen (secondary N) is 1. The summed E-state index contributed by atoms with van der Waals surface area (Å²) < 4.78 is 1.41. The summed E-state index contributed by atoms with van der Waals surface area (Å²) >= 11 is 0. The van der Waals surface area contributed by atoms with Gasteiger partial charge in [-0.2, -0.15) is 0 Å². The molecule has 1 aromatic carbocycles. The second-order valence-electron chi connectivity index (χ2n) is 3.12. The maximum atomic E-state index is 11.7. The van der Waals surface area contributed by atoms with Gasteiger partial charge < -0.3 is 0 Å². The highest BCUT2D eigenvalue weighted by atomic mass is 16.2. The number of carbonyl (C=O) groups excluding carboxylic acids is 1. The second kappa shape index (κ2) is 3.91. The largest absolute Gasteiger partial charge is 0.270 e. The van der Waals surface area contributed by atoms with Gasteiger partial charge in [-0.05, 0) is 18.6 Å². The molecule has 0 saturated carbocycles. The Balaban J connectivity index is 2.19. The molecular formula is C10H10N4O. The smallest absolute Gasteiger partial charge is 0.267 e. The van der Waals surface area contributed by atoms with Crippen LogP contribution in [-0.4, -0.2) is 20.8 Å². The van der Waals surface area contributed by atoms with Crippen LogP contribution in [0.15, 0.2) is 36.9 Å². The Kier molecular flexibility index (Phi) is 2.45. The maximum Gasteiger partial charge on any atom is 0.270 e. The van der Waals surface area contributed by atoms with Crippen LogP contribution in [0.3, 0.4) is 0 Å². The van der Waals surface area contributed by atoms with Gasteiger partial charge in [0.15, 0.2) is 0 Å². The van der Waals surface area contributed by atoms with Crippen molar-refractivity contribution in [1.82, 2.24) is 14.9 Å². The molecule has 0 aliphatic heterocycles. The van der Waals surface area contributed by atoms with E-state index in [-0.39, 0.29) is 5.91 Å². The fourth-order valence-corrected chi connectivity index (χ4v) is 1.26. The van der Waals surface area contributed by atoms with E-state index in [0.717, 1.165) is 5.56 Å². The lowest BCUT2D eigenvalue weighted by atomic mass is 10.1. The van der Waals surface area contributed by atoms with Crippen LogP contribution in [-0.2, 0) is 0 Å². The summed E-state index contributed by atoms with van der Waals surface area (Å²) in [5.41, 5.74) is 4.21. The predicted molar refractivity (Wildman–Crippen MR) is 54.9 cm³/mol. The average molecular weight is 202 g/mol. The van der Waals surface area contributed by atoms with Crippen molar-refractivity contribution in [2.45, 2.75) is 6.92 Å². The van der Waals surface area contributed by atoms with Crippen LogP contribution in [0.25, 0.3) is 0 Å². The third kappa shape index (κ3) is 2.01. The molecule has 1 aromatic heterocycles. The van der Waals surface area contributed by atoms with Crippen LogP contribution in [0.2, 0.25) is 0 Å². The molecule has 1 amide bonds. The van der Waals surface area contributed by atoms with Crippen LogP contribution < -0.4 is 5.43 Å². The van der Waals surface area contributed by atoms with E-state index in [1.54, 1.807) is 6.07 Å². The zero-order valence-electron chi connectivity index (χ0n) is 8.21. The number of rotatable bonds is 2. The molecule has 15 heavy (non-hydrogen) atoms. The first-order chi connectivity index (χ1) is 7.27. The first-order valence-electron chi connectivity index (χ1n) is 4.49. The fraction of sp³-hybridized carbons (Fsp3) is 0.100. The van der Waals surface area contributed by atoms with Gasteiger partial charge in [-0.15, -0.1) is 10.2 Å². The van der Waals surface area contributed by atoms with E-state index in [1.165, 1.54) is 17.3 Å². The normalized spacial score (nSPS) is 9.93. The van der Waals surface area contributed by atoms with E-state index in [0.29, 0.717) is 5.56 Å². The van der Waals surface area contributed by atoms with Crippen LogP contribution in [0, 0.1) is 6.92 Å².